The summed E-state index contributed by atoms with van der Waals surface area (Å²) in [5, 5.41) is 8.63. The Kier molecular flexibility index (Phi) is 3.29. The van der Waals surface area contributed by atoms with Crippen molar-refractivity contribution in [2.75, 3.05) is 4.90 Å². The molecule has 2 fully saturated rings. The number of imide groups is 1. The average molecular weight is 286 g/mol. The van der Waals surface area contributed by atoms with Crippen LogP contribution in [0.1, 0.15) is 24.8 Å². The van der Waals surface area contributed by atoms with E-state index in [9.17, 15) is 14.4 Å². The highest BCUT2D eigenvalue weighted by molar-refractivity contribution is 6.18. The van der Waals surface area contributed by atoms with E-state index in [4.69, 9.17) is 5.11 Å². The molecular weight excluding hydrogens is 272 g/mol. The molecule has 2 unspecified atom stereocenters. The molecular formula is C15H14N2O4. The minimum Gasteiger partial charge on any atom is -0.478 e. The normalized spacial score (nSPS) is 24.9. The Balaban J connectivity index is 1.93. The van der Waals surface area contributed by atoms with Crippen LogP contribution in [0.15, 0.2) is 24.4 Å². The van der Waals surface area contributed by atoms with E-state index < -0.39 is 5.97 Å². The number of carbonyl (C=O) groups is 3. The van der Waals surface area contributed by atoms with Crippen LogP contribution in [0.5, 0.6) is 0 Å². The van der Waals surface area contributed by atoms with Crippen LogP contribution in [0.3, 0.4) is 0 Å². The summed E-state index contributed by atoms with van der Waals surface area (Å²) in [6.45, 7) is 0. The maximum atomic E-state index is 12.3. The van der Waals surface area contributed by atoms with Gasteiger partial charge in [-0.3, -0.25) is 9.59 Å². The highest BCUT2D eigenvalue weighted by Crippen LogP contribution is 2.39. The van der Waals surface area contributed by atoms with Crippen LogP contribution in [-0.4, -0.2) is 27.9 Å². The van der Waals surface area contributed by atoms with Crippen molar-refractivity contribution in [2.24, 2.45) is 11.8 Å². The summed E-state index contributed by atoms with van der Waals surface area (Å²) in [7, 11) is 0. The Hall–Kier alpha value is -2.50. The highest BCUT2D eigenvalue weighted by Gasteiger charge is 2.46. The number of rotatable bonds is 3. The van der Waals surface area contributed by atoms with E-state index in [1.165, 1.54) is 12.3 Å². The van der Waals surface area contributed by atoms with Gasteiger partial charge in [0.05, 0.1) is 0 Å². The monoisotopic (exact) mass is 286 g/mol. The Bertz CT molecular complexity index is 631. The summed E-state index contributed by atoms with van der Waals surface area (Å²) < 4.78 is 0. The van der Waals surface area contributed by atoms with Crippen LogP contribution in [0.2, 0.25) is 0 Å². The van der Waals surface area contributed by atoms with Crippen molar-refractivity contribution in [1.29, 1.82) is 0 Å². The van der Waals surface area contributed by atoms with Crippen LogP contribution in [0, 0.1) is 11.8 Å². The van der Waals surface area contributed by atoms with Crippen molar-refractivity contribution in [2.45, 2.75) is 19.3 Å². The molecule has 1 aromatic rings. The first kappa shape index (κ1) is 13.5. The van der Waals surface area contributed by atoms with Gasteiger partial charge in [-0.25, -0.2) is 14.7 Å². The molecule has 1 N–H and O–H groups in total. The molecule has 2 bridgehead atoms. The van der Waals surface area contributed by atoms with Crippen molar-refractivity contribution in [1.82, 2.24) is 4.98 Å². The summed E-state index contributed by atoms with van der Waals surface area (Å²) in [6.07, 6.45) is 6.03. The van der Waals surface area contributed by atoms with Crippen LogP contribution in [0.25, 0.3) is 6.08 Å². The van der Waals surface area contributed by atoms with Crippen LogP contribution < -0.4 is 4.90 Å². The van der Waals surface area contributed by atoms with Crippen molar-refractivity contribution < 1.29 is 19.5 Å². The number of anilines is 1. The molecule has 6 heteroatoms. The molecule has 108 valence electrons. The van der Waals surface area contributed by atoms with Crippen LogP contribution in [0.4, 0.5) is 5.82 Å². The minimum absolute atomic E-state index is 0.0901. The molecule has 21 heavy (non-hydrogen) atoms. The first-order valence-corrected chi connectivity index (χ1v) is 6.81. The van der Waals surface area contributed by atoms with E-state index in [-0.39, 0.29) is 29.5 Å². The van der Waals surface area contributed by atoms with Gasteiger partial charge in [-0.15, -0.1) is 0 Å². The molecule has 1 aliphatic carbocycles. The SMILES string of the molecule is O=C(O)/C=C/c1ccnc(N2C(=O)C3CCC(C3)C2=O)c1. The van der Waals surface area contributed by atoms with Gasteiger partial charge in [0.15, 0.2) is 0 Å². The number of amides is 2. The fraction of sp³-hybridized carbons (Fsp3) is 0.333. The van der Waals surface area contributed by atoms with E-state index in [2.05, 4.69) is 4.98 Å². The topological polar surface area (TPSA) is 87.6 Å². The number of carboxylic acids is 1. The Labute approximate surface area is 121 Å². The van der Waals surface area contributed by atoms with Gasteiger partial charge in [-0.05, 0) is 43.0 Å². The van der Waals surface area contributed by atoms with E-state index >= 15 is 0 Å². The summed E-state index contributed by atoms with van der Waals surface area (Å²) in [4.78, 5) is 40.4. The second-order valence-corrected chi connectivity index (χ2v) is 5.34. The summed E-state index contributed by atoms with van der Waals surface area (Å²) >= 11 is 0. The molecule has 0 aromatic carbocycles. The van der Waals surface area contributed by atoms with Gasteiger partial charge in [0.1, 0.15) is 5.82 Å². The number of hydrogen-bond acceptors (Lipinski definition) is 4. The molecule has 6 nitrogen and oxygen atoms in total. The second kappa shape index (κ2) is 5.12. The number of nitrogens with zero attached hydrogens (tertiary/aromatic N) is 2. The molecule has 0 radical (unpaired) electrons. The van der Waals surface area contributed by atoms with Gasteiger partial charge < -0.3 is 5.11 Å². The van der Waals surface area contributed by atoms with E-state index in [0.29, 0.717) is 12.0 Å². The number of hydrogen-bond donors (Lipinski definition) is 1. The van der Waals surface area contributed by atoms with E-state index in [0.717, 1.165) is 23.8 Å². The van der Waals surface area contributed by atoms with Gasteiger partial charge in [0, 0.05) is 24.1 Å². The first-order chi connectivity index (χ1) is 10.1. The predicted octanol–water partition coefficient (Wildman–Crippen LogP) is 1.47. The van der Waals surface area contributed by atoms with E-state index in [1.807, 2.05) is 0 Å². The molecule has 1 saturated heterocycles. The smallest absolute Gasteiger partial charge is 0.328 e. The zero-order chi connectivity index (χ0) is 15.0. The fourth-order valence-electron chi connectivity index (χ4n) is 2.96. The lowest BCUT2D eigenvalue weighted by atomic mass is 9.97. The third-order valence-corrected chi connectivity index (χ3v) is 3.99. The zero-order valence-corrected chi connectivity index (χ0v) is 11.2. The average Bonchev–Trinajstić information content (AvgIpc) is 2.91. The van der Waals surface area contributed by atoms with Gasteiger partial charge in [-0.2, -0.15) is 0 Å². The Morgan fingerprint density at radius 3 is 2.57 bits per heavy atom. The molecule has 3 rings (SSSR count). The molecule has 2 atom stereocenters. The molecule has 0 spiro atoms. The number of fused-ring (bicyclic) bond motifs is 2. The quantitative estimate of drug-likeness (QED) is 0.671. The van der Waals surface area contributed by atoms with Crippen molar-refractivity contribution in [3.8, 4) is 0 Å². The molecule has 1 aliphatic heterocycles. The van der Waals surface area contributed by atoms with Gasteiger partial charge >= 0.3 is 5.97 Å². The summed E-state index contributed by atoms with van der Waals surface area (Å²) in [6, 6.07) is 3.18. The maximum absolute atomic E-state index is 12.3. The lowest BCUT2D eigenvalue weighted by molar-refractivity contribution is -0.133. The lowest BCUT2D eigenvalue weighted by Crippen LogP contribution is -2.46. The Morgan fingerprint density at radius 1 is 1.29 bits per heavy atom. The van der Waals surface area contributed by atoms with Crippen LogP contribution in [-0.2, 0) is 14.4 Å². The van der Waals surface area contributed by atoms with Crippen LogP contribution >= 0.6 is 0 Å². The lowest BCUT2D eigenvalue weighted by Gasteiger charge is -2.28. The van der Waals surface area contributed by atoms with Gasteiger partial charge in [-0.1, -0.05) is 0 Å². The molecule has 2 amide bonds. The van der Waals surface area contributed by atoms with Gasteiger partial charge in [0.2, 0.25) is 11.8 Å². The molecule has 1 aromatic heterocycles. The number of aromatic nitrogens is 1. The van der Waals surface area contributed by atoms with Crippen molar-refractivity contribution >= 4 is 29.7 Å². The Morgan fingerprint density at radius 2 is 1.95 bits per heavy atom. The van der Waals surface area contributed by atoms with Crippen molar-refractivity contribution in [3.63, 3.8) is 0 Å². The number of piperidine rings is 1. The third-order valence-electron chi connectivity index (χ3n) is 3.99. The largest absolute Gasteiger partial charge is 0.478 e. The zero-order valence-electron chi connectivity index (χ0n) is 11.2. The first-order valence-electron chi connectivity index (χ1n) is 6.81. The maximum Gasteiger partial charge on any atom is 0.328 e. The summed E-state index contributed by atoms with van der Waals surface area (Å²) in [5.41, 5.74) is 0.584. The highest BCUT2D eigenvalue weighted by atomic mass is 16.4. The number of aliphatic carboxylic acids is 1. The number of pyridine rings is 1. The number of carboxylic acid groups (broad SMARTS) is 1. The fourth-order valence-corrected chi connectivity index (χ4v) is 2.96. The molecule has 1 saturated carbocycles. The number of carbonyl (C=O) groups excluding carboxylic acids is 2. The second-order valence-electron chi connectivity index (χ2n) is 5.34. The summed E-state index contributed by atoms with van der Waals surface area (Å²) in [5.74, 6) is -1.35. The molecule has 2 aliphatic rings. The third kappa shape index (κ3) is 2.44. The van der Waals surface area contributed by atoms with Crippen molar-refractivity contribution in [3.05, 3.63) is 30.0 Å². The van der Waals surface area contributed by atoms with E-state index in [1.54, 1.807) is 12.1 Å². The standard InChI is InChI=1S/C15H14N2O4/c18-13(19)4-1-9-5-6-16-12(7-9)17-14(20)10-2-3-11(8-10)15(17)21/h1,4-7,10-11H,2-3,8H2,(H,18,19)/b4-1+. The van der Waals surface area contributed by atoms with Gasteiger partial charge in [0.25, 0.3) is 0 Å². The predicted molar refractivity (Wildman–Crippen MR) is 74.2 cm³/mol. The molecule has 2 heterocycles. The minimum atomic E-state index is -1.06.